The molecule has 0 aromatic heterocycles. The Kier molecular flexibility index (Phi) is 6.37. The van der Waals surface area contributed by atoms with Crippen LogP contribution in [-0.2, 0) is 19.4 Å². The number of carbonyl (C=O) groups excluding carboxylic acids is 2. The summed E-state index contributed by atoms with van der Waals surface area (Å²) in [7, 11) is -3.63. The van der Waals surface area contributed by atoms with Gasteiger partial charge in [-0.3, -0.25) is 9.59 Å². The molecule has 0 amide bonds. The van der Waals surface area contributed by atoms with Crippen molar-refractivity contribution < 1.29 is 28.2 Å². The number of rotatable bonds is 5. The lowest BCUT2D eigenvalue weighted by molar-refractivity contribution is -0.222. The molecule has 4 aliphatic carbocycles. The van der Waals surface area contributed by atoms with Crippen molar-refractivity contribution in [3.63, 3.8) is 0 Å². The summed E-state index contributed by atoms with van der Waals surface area (Å²) in [6.07, 6.45) is 1.05. The Balaban J connectivity index is 1.23. The predicted molar refractivity (Wildman–Crippen MR) is 150 cm³/mol. The first-order valence-corrected chi connectivity index (χ1v) is 15.9. The molecule has 1 unspecified atom stereocenters. The number of benzene rings is 2. The number of anilines is 1. The van der Waals surface area contributed by atoms with Crippen LogP contribution in [0.3, 0.4) is 0 Å². The van der Waals surface area contributed by atoms with E-state index in [1.165, 1.54) is 0 Å². The quantitative estimate of drug-likeness (QED) is 0.495. The fourth-order valence-corrected chi connectivity index (χ4v) is 10.6. The SMILES string of the molecule is CC1(C)C(=O)CC[C@]2(C)[C@@H]1C[C@@H](O)[C@]13C(=O)C(CNc4ccc(S(=O)(=O)c5ccccc5)cc4)[C@H](CC[C@@H]21)[C@H]3O. The predicted octanol–water partition coefficient (Wildman–Crippen LogP) is 4.28. The van der Waals surface area contributed by atoms with Crippen molar-refractivity contribution in [2.45, 2.75) is 74.9 Å². The van der Waals surface area contributed by atoms with Gasteiger partial charge in [0.15, 0.2) is 0 Å². The van der Waals surface area contributed by atoms with Crippen molar-refractivity contribution >= 4 is 27.1 Å². The molecule has 0 aliphatic heterocycles. The Hall–Kier alpha value is -2.55. The molecule has 0 radical (unpaired) electrons. The van der Waals surface area contributed by atoms with Crippen LogP contribution < -0.4 is 5.32 Å². The zero-order valence-corrected chi connectivity index (χ0v) is 24.2. The van der Waals surface area contributed by atoms with E-state index in [4.69, 9.17) is 0 Å². The maximum atomic E-state index is 14.3. The van der Waals surface area contributed by atoms with E-state index < -0.39 is 38.8 Å². The van der Waals surface area contributed by atoms with Gasteiger partial charge < -0.3 is 15.5 Å². The van der Waals surface area contributed by atoms with Gasteiger partial charge in [-0.25, -0.2) is 8.42 Å². The fourth-order valence-electron chi connectivity index (χ4n) is 9.30. The van der Waals surface area contributed by atoms with Gasteiger partial charge in [-0.15, -0.1) is 0 Å². The van der Waals surface area contributed by atoms with Crippen LogP contribution in [-0.4, -0.2) is 49.0 Å². The Labute approximate surface area is 236 Å². The number of fused-ring (bicyclic) bond motifs is 3. The molecule has 2 aromatic carbocycles. The smallest absolute Gasteiger partial charge is 0.206 e. The maximum Gasteiger partial charge on any atom is 0.206 e. The van der Waals surface area contributed by atoms with Crippen molar-refractivity contribution in [2.24, 2.45) is 39.9 Å². The normalized spacial score (nSPS) is 38.4. The minimum atomic E-state index is -3.63. The number of hydrogen-bond acceptors (Lipinski definition) is 7. The second-order valence-electron chi connectivity index (χ2n) is 13.3. The highest BCUT2D eigenvalue weighted by molar-refractivity contribution is 7.91. The van der Waals surface area contributed by atoms with E-state index in [1.54, 1.807) is 54.6 Å². The first-order chi connectivity index (χ1) is 18.9. The lowest BCUT2D eigenvalue weighted by Gasteiger charge is -2.64. The molecule has 2 bridgehead atoms. The molecule has 1 spiro atoms. The van der Waals surface area contributed by atoms with Gasteiger partial charge in [0.25, 0.3) is 0 Å². The molecule has 6 rings (SSSR count). The van der Waals surface area contributed by atoms with Crippen LogP contribution in [0.15, 0.2) is 64.4 Å². The average Bonchev–Trinajstić information content (AvgIpc) is 3.04. The lowest BCUT2D eigenvalue weighted by atomic mass is 9.39. The first kappa shape index (κ1) is 27.6. The number of carbonyl (C=O) groups is 2. The Bertz CT molecular complexity index is 1440. The van der Waals surface area contributed by atoms with Gasteiger partial charge in [0.2, 0.25) is 9.84 Å². The van der Waals surface area contributed by atoms with E-state index in [-0.39, 0.29) is 44.5 Å². The fraction of sp³-hybridized carbons (Fsp3) is 0.562. The van der Waals surface area contributed by atoms with E-state index in [0.717, 1.165) is 6.42 Å². The molecule has 0 heterocycles. The summed E-state index contributed by atoms with van der Waals surface area (Å²) in [6, 6.07) is 14.8. The summed E-state index contributed by atoms with van der Waals surface area (Å²) in [6.45, 7) is 6.44. The largest absolute Gasteiger partial charge is 0.392 e. The number of Topliss-reactive ketones (excluding diaryl/α,β-unsaturated/α-hetero) is 2. The summed E-state index contributed by atoms with van der Waals surface area (Å²) in [5, 5.41) is 26.6. The van der Waals surface area contributed by atoms with Crippen molar-refractivity contribution in [3.05, 3.63) is 54.6 Å². The van der Waals surface area contributed by atoms with E-state index in [9.17, 15) is 28.2 Å². The summed E-state index contributed by atoms with van der Waals surface area (Å²) >= 11 is 0. The summed E-state index contributed by atoms with van der Waals surface area (Å²) in [5.74, 6) is -0.763. The van der Waals surface area contributed by atoms with Gasteiger partial charge in [-0.1, -0.05) is 39.0 Å². The molecule has 4 fully saturated rings. The molecular formula is C32H39NO6S. The van der Waals surface area contributed by atoms with Crippen LogP contribution in [0.1, 0.15) is 52.9 Å². The number of sulfone groups is 1. The van der Waals surface area contributed by atoms with Gasteiger partial charge >= 0.3 is 0 Å². The standard InChI is InChI=1S/C32H39NO6S/c1-30(2)25-17-27(35)32-24(31(25,3)16-15-26(30)34)14-13-22(28(32)36)23(29(32)37)18-33-19-9-11-21(12-10-19)40(38,39)20-7-5-4-6-8-20/h4-12,22-25,27-28,33,35-36H,13-18H2,1-3H3/t22-,23?,24-,25+,27+,28+,31-,32+/m0/s1. The first-order valence-electron chi connectivity index (χ1n) is 14.4. The van der Waals surface area contributed by atoms with Crippen LogP contribution in [0, 0.1) is 39.9 Å². The van der Waals surface area contributed by atoms with Crippen LogP contribution in [0.2, 0.25) is 0 Å². The van der Waals surface area contributed by atoms with E-state index >= 15 is 0 Å². The number of hydrogen-bond donors (Lipinski definition) is 3. The van der Waals surface area contributed by atoms with Gasteiger partial charge in [0.1, 0.15) is 11.6 Å². The van der Waals surface area contributed by atoms with Crippen LogP contribution in [0.25, 0.3) is 0 Å². The van der Waals surface area contributed by atoms with Crippen LogP contribution in [0.4, 0.5) is 5.69 Å². The second kappa shape index (κ2) is 9.23. The molecule has 8 atom stereocenters. The van der Waals surface area contributed by atoms with E-state index in [1.807, 2.05) is 13.8 Å². The third kappa shape index (κ3) is 3.64. The number of ketones is 2. The molecule has 40 heavy (non-hydrogen) atoms. The van der Waals surface area contributed by atoms with Crippen molar-refractivity contribution in [2.75, 3.05) is 11.9 Å². The van der Waals surface area contributed by atoms with Crippen molar-refractivity contribution in [1.82, 2.24) is 0 Å². The number of aliphatic hydroxyl groups is 2. The zero-order chi connectivity index (χ0) is 28.7. The molecule has 7 nitrogen and oxygen atoms in total. The molecule has 2 aromatic rings. The monoisotopic (exact) mass is 565 g/mol. The second-order valence-corrected chi connectivity index (χ2v) is 15.3. The number of nitrogens with one attached hydrogen (secondary N) is 1. The number of aliphatic hydroxyl groups excluding tert-OH is 2. The van der Waals surface area contributed by atoms with Crippen molar-refractivity contribution in [1.29, 1.82) is 0 Å². The summed E-state index contributed by atoms with van der Waals surface area (Å²) in [4.78, 5) is 27.5. The highest BCUT2D eigenvalue weighted by Crippen LogP contribution is 2.70. The molecule has 0 saturated heterocycles. The summed E-state index contributed by atoms with van der Waals surface area (Å²) < 4.78 is 25.9. The zero-order valence-electron chi connectivity index (χ0n) is 23.3. The molecule has 4 saturated carbocycles. The van der Waals surface area contributed by atoms with E-state index in [0.29, 0.717) is 37.9 Å². The Morgan fingerprint density at radius 3 is 2.23 bits per heavy atom. The molecule has 8 heteroatoms. The minimum absolute atomic E-state index is 0.0359. The molecule has 214 valence electrons. The van der Waals surface area contributed by atoms with Gasteiger partial charge in [0.05, 0.1) is 27.4 Å². The van der Waals surface area contributed by atoms with Gasteiger partial charge in [-0.2, -0.15) is 0 Å². The van der Waals surface area contributed by atoms with Crippen LogP contribution >= 0.6 is 0 Å². The van der Waals surface area contributed by atoms with Crippen molar-refractivity contribution in [3.8, 4) is 0 Å². The topological polar surface area (TPSA) is 121 Å². The van der Waals surface area contributed by atoms with E-state index in [2.05, 4.69) is 12.2 Å². The van der Waals surface area contributed by atoms with Crippen LogP contribution in [0.5, 0.6) is 0 Å². The minimum Gasteiger partial charge on any atom is -0.392 e. The average molecular weight is 566 g/mol. The third-order valence-corrected chi connectivity index (χ3v) is 13.2. The van der Waals surface area contributed by atoms with Gasteiger partial charge in [-0.05, 0) is 85.3 Å². The summed E-state index contributed by atoms with van der Waals surface area (Å²) in [5.41, 5.74) is -1.39. The highest BCUT2D eigenvalue weighted by Gasteiger charge is 2.75. The maximum absolute atomic E-state index is 14.3. The Morgan fingerprint density at radius 2 is 1.55 bits per heavy atom. The van der Waals surface area contributed by atoms with Gasteiger partial charge in [0, 0.05) is 30.0 Å². The molecule has 4 aliphatic rings. The Morgan fingerprint density at radius 1 is 0.900 bits per heavy atom. The lowest BCUT2D eigenvalue weighted by Crippen LogP contribution is -2.68. The molecule has 3 N–H and O–H groups in total. The molecular weight excluding hydrogens is 526 g/mol. The third-order valence-electron chi connectivity index (χ3n) is 11.4. The highest BCUT2D eigenvalue weighted by atomic mass is 32.2.